The first-order valence-corrected chi connectivity index (χ1v) is 7.22. The molecule has 2 heterocycles. The molecule has 1 unspecified atom stereocenters. The molecule has 98 valence electrons. The van der Waals surface area contributed by atoms with Crippen molar-refractivity contribution < 1.29 is 4.74 Å². The molecule has 0 saturated carbocycles. The molecule has 3 rings (SSSR count). The third-order valence-electron chi connectivity index (χ3n) is 4.25. The van der Waals surface area contributed by atoms with Crippen LogP contribution in [-0.2, 0) is 0 Å². The maximum Gasteiger partial charge on any atom is 0.121 e. The van der Waals surface area contributed by atoms with E-state index in [9.17, 15) is 0 Å². The average Bonchev–Trinajstić information content (AvgIpc) is 2.58. The molecule has 2 saturated heterocycles. The molecule has 0 spiro atoms. The molecule has 2 bridgehead atoms. The Morgan fingerprint density at radius 1 is 1.11 bits per heavy atom. The van der Waals surface area contributed by atoms with Crippen molar-refractivity contribution in [2.75, 3.05) is 7.05 Å². The van der Waals surface area contributed by atoms with E-state index in [0.29, 0.717) is 28.2 Å². The Morgan fingerprint density at radius 2 is 1.78 bits per heavy atom. The van der Waals surface area contributed by atoms with Gasteiger partial charge in [-0.25, -0.2) is 0 Å². The smallest absolute Gasteiger partial charge is 0.121 e. The summed E-state index contributed by atoms with van der Waals surface area (Å²) in [6.45, 7) is 0. The lowest BCUT2D eigenvalue weighted by molar-refractivity contribution is 0.0662. The van der Waals surface area contributed by atoms with Gasteiger partial charge in [-0.15, -0.1) is 0 Å². The zero-order valence-corrected chi connectivity index (χ0v) is 11.9. The van der Waals surface area contributed by atoms with E-state index in [2.05, 4.69) is 11.9 Å². The number of nitrogens with zero attached hydrogens (tertiary/aromatic N) is 1. The van der Waals surface area contributed by atoms with Crippen molar-refractivity contribution in [3.8, 4) is 5.75 Å². The molecule has 0 amide bonds. The van der Waals surface area contributed by atoms with Crippen LogP contribution in [0.1, 0.15) is 25.7 Å². The molecule has 2 nitrogen and oxygen atoms in total. The molecule has 2 aliphatic rings. The van der Waals surface area contributed by atoms with Gasteiger partial charge in [0.1, 0.15) is 11.9 Å². The van der Waals surface area contributed by atoms with Gasteiger partial charge in [-0.1, -0.05) is 23.2 Å². The highest BCUT2D eigenvalue weighted by atomic mass is 35.5. The first-order chi connectivity index (χ1) is 8.63. The van der Waals surface area contributed by atoms with E-state index in [4.69, 9.17) is 27.9 Å². The second-order valence-electron chi connectivity index (χ2n) is 5.34. The Labute approximate surface area is 118 Å². The van der Waals surface area contributed by atoms with Crippen LogP contribution in [0.15, 0.2) is 18.2 Å². The monoisotopic (exact) mass is 285 g/mol. The summed E-state index contributed by atoms with van der Waals surface area (Å²) in [4.78, 5) is 2.51. The highest BCUT2D eigenvalue weighted by Crippen LogP contribution is 2.36. The van der Waals surface area contributed by atoms with E-state index in [1.54, 1.807) is 6.07 Å². The third-order valence-corrected chi connectivity index (χ3v) is 4.99. The topological polar surface area (TPSA) is 12.5 Å². The van der Waals surface area contributed by atoms with E-state index >= 15 is 0 Å². The number of rotatable bonds is 2. The van der Waals surface area contributed by atoms with E-state index in [1.165, 1.54) is 12.8 Å². The summed E-state index contributed by atoms with van der Waals surface area (Å²) in [6, 6.07) is 6.88. The number of ether oxygens (including phenoxy) is 1. The van der Waals surface area contributed by atoms with Crippen LogP contribution in [0.25, 0.3) is 0 Å². The fourth-order valence-electron chi connectivity index (χ4n) is 3.20. The van der Waals surface area contributed by atoms with Crippen LogP contribution < -0.4 is 4.74 Å². The summed E-state index contributed by atoms with van der Waals surface area (Å²) in [6.07, 6.45) is 5.17. The van der Waals surface area contributed by atoms with Crippen LogP contribution in [0, 0.1) is 0 Å². The molecule has 1 aromatic carbocycles. The van der Waals surface area contributed by atoms with Gasteiger partial charge in [0.25, 0.3) is 0 Å². The Hall–Kier alpha value is -0.440. The number of hydrogen-bond donors (Lipinski definition) is 0. The van der Waals surface area contributed by atoms with Crippen LogP contribution in [0.4, 0.5) is 0 Å². The molecule has 1 aromatic rings. The number of fused-ring (bicyclic) bond motifs is 2. The lowest BCUT2D eigenvalue weighted by Crippen LogP contribution is -2.43. The Morgan fingerprint density at radius 3 is 2.39 bits per heavy atom. The maximum absolute atomic E-state index is 6.05. The van der Waals surface area contributed by atoms with Crippen molar-refractivity contribution in [3.63, 3.8) is 0 Å². The van der Waals surface area contributed by atoms with Gasteiger partial charge in [0.05, 0.1) is 10.0 Å². The zero-order valence-electron chi connectivity index (χ0n) is 10.4. The number of piperidine rings is 1. The molecule has 2 fully saturated rings. The molecule has 18 heavy (non-hydrogen) atoms. The predicted molar refractivity (Wildman–Crippen MR) is 74.7 cm³/mol. The van der Waals surface area contributed by atoms with Crippen LogP contribution in [-0.4, -0.2) is 30.1 Å². The first-order valence-electron chi connectivity index (χ1n) is 6.47. The van der Waals surface area contributed by atoms with Crippen molar-refractivity contribution in [1.82, 2.24) is 4.90 Å². The molecule has 2 aliphatic heterocycles. The van der Waals surface area contributed by atoms with Gasteiger partial charge in [0.15, 0.2) is 0 Å². The standard InChI is InChI=1S/C14H17Cl2NO/c1-17-9-2-3-10(17)7-12(6-9)18-11-4-5-13(15)14(16)8-11/h4-5,8-10,12H,2-3,6-7H2,1H3/t9-,10+,12?. The van der Waals surface area contributed by atoms with Crippen molar-refractivity contribution >= 4 is 23.2 Å². The molecule has 0 radical (unpaired) electrons. The van der Waals surface area contributed by atoms with E-state index in [1.807, 2.05) is 12.1 Å². The summed E-state index contributed by atoms with van der Waals surface area (Å²) >= 11 is 11.9. The third kappa shape index (κ3) is 2.34. The van der Waals surface area contributed by atoms with Crippen LogP contribution >= 0.6 is 23.2 Å². The summed E-state index contributed by atoms with van der Waals surface area (Å²) in [5.41, 5.74) is 0. The lowest BCUT2D eigenvalue weighted by Gasteiger charge is -2.36. The fraction of sp³-hybridized carbons (Fsp3) is 0.571. The minimum absolute atomic E-state index is 0.316. The van der Waals surface area contributed by atoms with Gasteiger partial charge in [0.2, 0.25) is 0 Å². The number of hydrogen-bond acceptors (Lipinski definition) is 2. The molecular weight excluding hydrogens is 269 g/mol. The minimum atomic E-state index is 0.316. The second-order valence-corrected chi connectivity index (χ2v) is 6.15. The van der Waals surface area contributed by atoms with E-state index < -0.39 is 0 Å². The van der Waals surface area contributed by atoms with Crippen LogP contribution in [0.3, 0.4) is 0 Å². The maximum atomic E-state index is 6.05. The van der Waals surface area contributed by atoms with Gasteiger partial charge >= 0.3 is 0 Å². The van der Waals surface area contributed by atoms with Crippen molar-refractivity contribution in [3.05, 3.63) is 28.2 Å². The zero-order chi connectivity index (χ0) is 12.7. The number of halogens is 2. The van der Waals surface area contributed by atoms with E-state index in [-0.39, 0.29) is 0 Å². The molecule has 4 heteroatoms. The first kappa shape index (κ1) is 12.6. The Kier molecular flexibility index (Phi) is 3.44. The molecule has 3 atom stereocenters. The van der Waals surface area contributed by atoms with Gasteiger partial charge in [-0.2, -0.15) is 0 Å². The summed E-state index contributed by atoms with van der Waals surface area (Å²) in [5, 5.41) is 1.14. The average molecular weight is 286 g/mol. The highest BCUT2D eigenvalue weighted by molar-refractivity contribution is 6.42. The molecule has 0 aromatic heterocycles. The normalized spacial score (nSPS) is 31.6. The second kappa shape index (κ2) is 4.92. The summed E-state index contributed by atoms with van der Waals surface area (Å²) in [5.74, 6) is 0.832. The van der Waals surface area contributed by atoms with Gasteiger partial charge in [0, 0.05) is 18.2 Å². The minimum Gasteiger partial charge on any atom is -0.490 e. The molecule has 0 aliphatic carbocycles. The van der Waals surface area contributed by atoms with Crippen molar-refractivity contribution in [1.29, 1.82) is 0 Å². The fourth-order valence-corrected chi connectivity index (χ4v) is 3.49. The predicted octanol–water partition coefficient (Wildman–Crippen LogP) is 4.00. The highest BCUT2D eigenvalue weighted by Gasteiger charge is 2.39. The SMILES string of the molecule is CN1[C@@H]2CC[C@H]1CC(Oc1ccc(Cl)c(Cl)c1)C2. The van der Waals surface area contributed by atoms with Gasteiger partial charge in [-0.05, 0) is 44.9 Å². The number of benzene rings is 1. The van der Waals surface area contributed by atoms with E-state index in [0.717, 1.165) is 18.6 Å². The largest absolute Gasteiger partial charge is 0.490 e. The molecular formula is C14H17Cl2NO. The summed E-state index contributed by atoms with van der Waals surface area (Å²) < 4.78 is 6.05. The Balaban J connectivity index is 1.68. The van der Waals surface area contributed by atoms with Crippen LogP contribution in [0.2, 0.25) is 10.0 Å². The van der Waals surface area contributed by atoms with Gasteiger partial charge < -0.3 is 9.64 Å². The lowest BCUT2D eigenvalue weighted by atomic mass is 10.0. The summed E-state index contributed by atoms with van der Waals surface area (Å²) in [7, 11) is 2.23. The van der Waals surface area contributed by atoms with Crippen molar-refractivity contribution in [2.24, 2.45) is 0 Å². The van der Waals surface area contributed by atoms with Crippen LogP contribution in [0.5, 0.6) is 5.75 Å². The molecule has 0 N–H and O–H groups in total. The Bertz CT molecular complexity index is 437. The quantitative estimate of drug-likeness (QED) is 0.815. The van der Waals surface area contributed by atoms with Crippen molar-refractivity contribution in [2.45, 2.75) is 43.9 Å². The van der Waals surface area contributed by atoms with Gasteiger partial charge in [-0.3, -0.25) is 0 Å².